The van der Waals surface area contributed by atoms with Crippen molar-refractivity contribution in [2.45, 2.75) is 44.3 Å². The number of hydrogen-bond donors (Lipinski definition) is 2. The van der Waals surface area contributed by atoms with E-state index in [-0.39, 0.29) is 0 Å². The van der Waals surface area contributed by atoms with Gasteiger partial charge in [0.1, 0.15) is 5.75 Å². The first kappa shape index (κ1) is 15.1. The summed E-state index contributed by atoms with van der Waals surface area (Å²) < 4.78 is 5.34. The van der Waals surface area contributed by atoms with Crippen molar-refractivity contribution >= 4 is 5.69 Å². The second kappa shape index (κ2) is 6.02. The number of methoxy groups -OCH3 is 1. The van der Waals surface area contributed by atoms with Gasteiger partial charge in [-0.2, -0.15) is 0 Å². The average Bonchev–Trinajstić information content (AvgIpc) is 2.83. The van der Waals surface area contributed by atoms with E-state index >= 15 is 0 Å². The van der Waals surface area contributed by atoms with Gasteiger partial charge in [-0.1, -0.05) is 18.9 Å². The van der Waals surface area contributed by atoms with Gasteiger partial charge in [0.05, 0.1) is 18.8 Å². The van der Waals surface area contributed by atoms with E-state index in [0.29, 0.717) is 12.3 Å². The van der Waals surface area contributed by atoms with E-state index in [4.69, 9.17) is 4.74 Å². The van der Waals surface area contributed by atoms with Crippen LogP contribution in [0.2, 0.25) is 0 Å². The van der Waals surface area contributed by atoms with Crippen LogP contribution in [0, 0.1) is 0 Å². The van der Waals surface area contributed by atoms with Gasteiger partial charge in [-0.25, -0.2) is 0 Å². The van der Waals surface area contributed by atoms with Crippen LogP contribution in [0.4, 0.5) is 5.69 Å². The lowest BCUT2D eigenvalue weighted by Gasteiger charge is -2.32. The molecule has 0 aromatic heterocycles. The minimum absolute atomic E-state index is 0.583. The summed E-state index contributed by atoms with van der Waals surface area (Å²) in [5, 5.41) is 20.6. The maximum atomic E-state index is 10.5. The highest BCUT2D eigenvalue weighted by Gasteiger charge is 2.33. The van der Waals surface area contributed by atoms with Crippen LogP contribution >= 0.6 is 0 Å². The fraction of sp³-hybridized carbons (Fsp3) is 0.625. The minimum Gasteiger partial charge on any atom is -0.496 e. The lowest BCUT2D eigenvalue weighted by Crippen LogP contribution is -2.39. The number of anilines is 1. The first-order chi connectivity index (χ1) is 9.47. The fourth-order valence-corrected chi connectivity index (χ4v) is 3.18. The van der Waals surface area contributed by atoms with Crippen LogP contribution in [-0.2, 0) is 0 Å². The highest BCUT2D eigenvalue weighted by molar-refractivity contribution is 5.60. The van der Waals surface area contributed by atoms with E-state index in [0.717, 1.165) is 36.9 Å². The summed E-state index contributed by atoms with van der Waals surface area (Å²) in [4.78, 5) is 2.02. The van der Waals surface area contributed by atoms with Gasteiger partial charge >= 0.3 is 0 Å². The van der Waals surface area contributed by atoms with Crippen molar-refractivity contribution in [3.8, 4) is 5.75 Å². The first-order valence-electron chi connectivity index (χ1n) is 7.25. The third-order valence-corrected chi connectivity index (χ3v) is 4.16. The largest absolute Gasteiger partial charge is 0.496 e. The van der Waals surface area contributed by atoms with Crippen molar-refractivity contribution in [1.82, 2.24) is 0 Å². The van der Waals surface area contributed by atoms with Gasteiger partial charge in [0.15, 0.2) is 0 Å². The number of benzene rings is 1. The molecule has 1 saturated carbocycles. The van der Waals surface area contributed by atoms with Crippen LogP contribution < -0.4 is 9.64 Å². The van der Waals surface area contributed by atoms with Gasteiger partial charge in [-0.05, 0) is 31.9 Å². The van der Waals surface area contributed by atoms with Crippen molar-refractivity contribution < 1.29 is 14.9 Å². The zero-order valence-electron chi connectivity index (χ0n) is 12.6. The maximum Gasteiger partial charge on any atom is 0.126 e. The molecule has 0 bridgehead atoms. The van der Waals surface area contributed by atoms with Crippen LogP contribution in [0.3, 0.4) is 0 Å². The molecule has 1 fully saturated rings. The Hall–Kier alpha value is -1.26. The van der Waals surface area contributed by atoms with Gasteiger partial charge in [0.25, 0.3) is 0 Å². The van der Waals surface area contributed by atoms with E-state index in [9.17, 15) is 10.2 Å². The van der Waals surface area contributed by atoms with Crippen LogP contribution in [0.5, 0.6) is 5.75 Å². The van der Waals surface area contributed by atoms with Crippen LogP contribution in [0.1, 0.15) is 44.3 Å². The van der Waals surface area contributed by atoms with E-state index in [1.54, 1.807) is 14.0 Å². The molecule has 20 heavy (non-hydrogen) atoms. The Balaban J connectivity index is 2.27. The number of likely N-dealkylation sites (N-methyl/N-ethyl adjacent to an activating group) is 1. The Morgan fingerprint density at radius 1 is 1.35 bits per heavy atom. The monoisotopic (exact) mass is 279 g/mol. The molecule has 2 rings (SSSR count). The molecule has 0 heterocycles. The Morgan fingerprint density at radius 3 is 2.55 bits per heavy atom. The van der Waals surface area contributed by atoms with E-state index in [1.165, 1.54) is 0 Å². The normalized spacial score (nSPS) is 18.9. The van der Waals surface area contributed by atoms with Crippen molar-refractivity contribution in [2.24, 2.45) is 0 Å². The molecule has 4 nitrogen and oxygen atoms in total. The predicted molar refractivity (Wildman–Crippen MR) is 80.3 cm³/mol. The number of aliphatic hydroxyl groups excluding tert-OH is 1. The highest BCUT2D eigenvalue weighted by Crippen LogP contribution is 2.36. The second-order valence-corrected chi connectivity index (χ2v) is 5.86. The lowest BCUT2D eigenvalue weighted by molar-refractivity contribution is 0.0557. The van der Waals surface area contributed by atoms with Gasteiger partial charge in [0.2, 0.25) is 0 Å². The molecule has 0 spiro atoms. The maximum absolute atomic E-state index is 10.5. The van der Waals surface area contributed by atoms with E-state index in [1.807, 2.05) is 30.1 Å². The standard InChI is InChI=1S/C16H25NO3/c1-12(18)15-13(7-6-8-14(15)20-3)17(2)11-16(19)9-4-5-10-16/h6-8,12,18-19H,4-5,9-11H2,1-3H3. The van der Waals surface area contributed by atoms with Crippen molar-refractivity contribution in [1.29, 1.82) is 0 Å². The topological polar surface area (TPSA) is 52.9 Å². The minimum atomic E-state index is -0.609. The third-order valence-electron chi connectivity index (χ3n) is 4.16. The molecule has 0 amide bonds. The molecule has 0 saturated heterocycles. The zero-order chi connectivity index (χ0) is 14.8. The number of rotatable bonds is 5. The summed E-state index contributed by atoms with van der Waals surface area (Å²) in [5.74, 6) is 0.683. The molecule has 1 aliphatic rings. The van der Waals surface area contributed by atoms with Crippen molar-refractivity contribution in [3.05, 3.63) is 23.8 Å². The molecule has 4 heteroatoms. The molecule has 2 N–H and O–H groups in total. The molecule has 1 atom stereocenters. The van der Waals surface area contributed by atoms with Gasteiger partial charge < -0.3 is 19.8 Å². The molecule has 0 aliphatic heterocycles. The Kier molecular flexibility index (Phi) is 4.55. The SMILES string of the molecule is COc1cccc(N(C)CC2(O)CCCC2)c1C(C)O. The lowest BCUT2D eigenvalue weighted by atomic mass is 10.00. The van der Waals surface area contributed by atoms with E-state index < -0.39 is 11.7 Å². The quantitative estimate of drug-likeness (QED) is 0.869. The molecule has 112 valence electrons. The summed E-state index contributed by atoms with van der Waals surface area (Å²) in [5.41, 5.74) is 1.09. The first-order valence-corrected chi connectivity index (χ1v) is 7.25. The van der Waals surface area contributed by atoms with Crippen LogP contribution in [-0.4, -0.2) is 36.5 Å². The van der Waals surface area contributed by atoms with Crippen LogP contribution in [0.15, 0.2) is 18.2 Å². The molecular weight excluding hydrogens is 254 g/mol. The Bertz CT molecular complexity index is 453. The number of nitrogens with zero attached hydrogens (tertiary/aromatic N) is 1. The summed E-state index contributed by atoms with van der Waals surface area (Å²) in [6.07, 6.45) is 3.27. The number of hydrogen-bond acceptors (Lipinski definition) is 4. The molecular formula is C16H25NO3. The Morgan fingerprint density at radius 2 is 2.00 bits per heavy atom. The predicted octanol–water partition coefficient (Wildman–Crippen LogP) is 2.49. The average molecular weight is 279 g/mol. The Labute approximate surface area is 121 Å². The molecule has 1 aromatic rings. The zero-order valence-corrected chi connectivity index (χ0v) is 12.6. The number of ether oxygens (including phenoxy) is 1. The fourth-order valence-electron chi connectivity index (χ4n) is 3.18. The summed E-state index contributed by atoms with van der Waals surface area (Å²) in [7, 11) is 3.56. The highest BCUT2D eigenvalue weighted by atomic mass is 16.5. The number of aliphatic hydroxyl groups is 2. The second-order valence-electron chi connectivity index (χ2n) is 5.86. The third kappa shape index (κ3) is 3.07. The van der Waals surface area contributed by atoms with Crippen LogP contribution in [0.25, 0.3) is 0 Å². The summed E-state index contributed by atoms with van der Waals surface area (Å²) in [6.45, 7) is 2.32. The van der Waals surface area contributed by atoms with Gasteiger partial charge in [0, 0.05) is 24.8 Å². The smallest absolute Gasteiger partial charge is 0.126 e. The molecule has 1 aromatic carbocycles. The summed E-state index contributed by atoms with van der Waals surface area (Å²) >= 11 is 0. The van der Waals surface area contributed by atoms with Gasteiger partial charge in [-0.15, -0.1) is 0 Å². The van der Waals surface area contributed by atoms with E-state index in [2.05, 4.69) is 0 Å². The van der Waals surface area contributed by atoms with Crippen molar-refractivity contribution in [3.63, 3.8) is 0 Å². The van der Waals surface area contributed by atoms with Gasteiger partial charge in [-0.3, -0.25) is 0 Å². The molecule has 1 unspecified atom stereocenters. The summed E-state index contributed by atoms with van der Waals surface area (Å²) in [6, 6.07) is 5.72. The molecule has 1 aliphatic carbocycles. The van der Waals surface area contributed by atoms with Crippen molar-refractivity contribution in [2.75, 3.05) is 25.6 Å². The molecule has 0 radical (unpaired) electrons.